The lowest BCUT2D eigenvalue weighted by Crippen LogP contribution is -2.26. The first-order valence-electron chi connectivity index (χ1n) is 8.53. The van der Waals surface area contributed by atoms with Crippen molar-refractivity contribution in [1.82, 2.24) is 4.57 Å². The molecule has 1 heterocycles. The minimum absolute atomic E-state index is 0.344. The molecule has 27 heavy (non-hydrogen) atoms. The number of aromatic nitrogens is 1. The fourth-order valence-electron chi connectivity index (χ4n) is 2.56. The number of carbonyl (C=O) groups excluding carboxylic acids is 2. The molecule has 0 aliphatic carbocycles. The number of benzene rings is 2. The first-order valence-corrected chi connectivity index (χ1v) is 8.53. The van der Waals surface area contributed by atoms with Crippen LogP contribution in [0.1, 0.15) is 27.7 Å². The van der Waals surface area contributed by atoms with Crippen LogP contribution in [0.2, 0.25) is 0 Å². The Morgan fingerprint density at radius 3 is 2.33 bits per heavy atom. The van der Waals surface area contributed by atoms with Gasteiger partial charge in [-0.25, -0.2) is 4.79 Å². The maximum atomic E-state index is 12.3. The highest BCUT2D eigenvalue weighted by Crippen LogP contribution is 2.33. The number of nitrogens with zero attached hydrogens (tertiary/aromatic N) is 1. The van der Waals surface area contributed by atoms with Gasteiger partial charge in [0.1, 0.15) is 11.4 Å². The number of rotatable bonds is 3. The Morgan fingerprint density at radius 2 is 1.67 bits per heavy atom. The third-order valence-corrected chi connectivity index (χ3v) is 3.58. The van der Waals surface area contributed by atoms with Gasteiger partial charge in [-0.3, -0.25) is 9.36 Å². The van der Waals surface area contributed by atoms with Crippen molar-refractivity contribution in [3.8, 4) is 17.2 Å². The molecule has 0 spiro atoms. The smallest absolute Gasteiger partial charge is 0.418 e. The topological polar surface area (TPSA) is 66.8 Å². The third kappa shape index (κ3) is 4.47. The second kappa shape index (κ2) is 7.15. The van der Waals surface area contributed by atoms with E-state index in [9.17, 15) is 9.59 Å². The molecule has 0 aliphatic rings. The molecule has 0 N–H and O–H groups in total. The number of esters is 1. The lowest BCUT2D eigenvalue weighted by atomic mass is 10.2. The molecule has 2 aromatic carbocycles. The zero-order valence-electron chi connectivity index (χ0n) is 15.7. The summed E-state index contributed by atoms with van der Waals surface area (Å²) >= 11 is 0. The molecule has 6 nitrogen and oxygen atoms in total. The summed E-state index contributed by atoms with van der Waals surface area (Å²) in [6.45, 7) is 6.80. The summed E-state index contributed by atoms with van der Waals surface area (Å²) in [5.74, 6) is 0.912. The van der Waals surface area contributed by atoms with Crippen LogP contribution in [-0.2, 0) is 9.53 Å². The van der Waals surface area contributed by atoms with Crippen LogP contribution in [0.5, 0.6) is 17.2 Å². The Bertz CT molecular complexity index is 997. The fourth-order valence-corrected chi connectivity index (χ4v) is 2.56. The quantitative estimate of drug-likeness (QED) is 0.473. The van der Waals surface area contributed by atoms with E-state index in [1.54, 1.807) is 48.7 Å². The van der Waals surface area contributed by atoms with Crippen LogP contribution >= 0.6 is 0 Å². The van der Waals surface area contributed by atoms with Crippen LogP contribution in [0, 0.1) is 0 Å². The van der Waals surface area contributed by atoms with Crippen molar-refractivity contribution in [3.63, 3.8) is 0 Å². The zero-order chi connectivity index (χ0) is 19.6. The number of para-hydroxylation sites is 2. The summed E-state index contributed by atoms with van der Waals surface area (Å²) in [4.78, 5) is 23.6. The van der Waals surface area contributed by atoms with Gasteiger partial charge in [-0.15, -0.1) is 0 Å². The van der Waals surface area contributed by atoms with E-state index >= 15 is 0 Å². The summed E-state index contributed by atoms with van der Waals surface area (Å²) in [6, 6.07) is 14.1. The highest BCUT2D eigenvalue weighted by atomic mass is 16.6. The van der Waals surface area contributed by atoms with Crippen LogP contribution in [-0.4, -0.2) is 22.2 Å². The van der Waals surface area contributed by atoms with E-state index in [1.807, 2.05) is 26.8 Å². The molecule has 0 saturated carbocycles. The second-order valence-electron chi connectivity index (χ2n) is 7.03. The molecule has 1 aromatic heterocycles. The predicted octanol–water partition coefficient (Wildman–Crippen LogP) is 5.14. The minimum Gasteiger partial charge on any atom is -0.453 e. The van der Waals surface area contributed by atoms with Crippen LogP contribution in [0.25, 0.3) is 10.9 Å². The Balaban J connectivity index is 1.87. The van der Waals surface area contributed by atoms with E-state index in [-0.39, 0.29) is 0 Å². The summed E-state index contributed by atoms with van der Waals surface area (Å²) in [6.07, 6.45) is 1.22. The maximum Gasteiger partial charge on any atom is 0.418 e. The van der Waals surface area contributed by atoms with Gasteiger partial charge in [-0.05, 0) is 57.2 Å². The molecule has 0 radical (unpaired) electrons. The van der Waals surface area contributed by atoms with E-state index in [4.69, 9.17) is 14.2 Å². The maximum absolute atomic E-state index is 12.3. The molecule has 0 atom stereocenters. The molecule has 3 rings (SSSR count). The van der Waals surface area contributed by atoms with Crippen molar-refractivity contribution in [2.24, 2.45) is 0 Å². The average Bonchev–Trinajstić information content (AvgIpc) is 2.98. The van der Waals surface area contributed by atoms with Gasteiger partial charge in [-0.1, -0.05) is 12.1 Å². The van der Waals surface area contributed by atoms with Crippen molar-refractivity contribution in [3.05, 3.63) is 54.7 Å². The van der Waals surface area contributed by atoms with E-state index in [1.165, 1.54) is 11.5 Å². The molecule has 0 aliphatic heterocycles. The van der Waals surface area contributed by atoms with E-state index in [0.29, 0.717) is 22.8 Å². The Morgan fingerprint density at radius 1 is 0.963 bits per heavy atom. The van der Waals surface area contributed by atoms with Gasteiger partial charge in [0, 0.05) is 18.5 Å². The molecule has 0 amide bonds. The van der Waals surface area contributed by atoms with Crippen molar-refractivity contribution in [2.45, 2.75) is 33.3 Å². The number of ether oxygens (including phenoxy) is 3. The second-order valence-corrected chi connectivity index (χ2v) is 7.03. The zero-order valence-corrected chi connectivity index (χ0v) is 15.7. The molecule has 0 fully saturated rings. The van der Waals surface area contributed by atoms with Gasteiger partial charge in [0.05, 0.1) is 5.52 Å². The number of hydrogen-bond acceptors (Lipinski definition) is 5. The predicted molar refractivity (Wildman–Crippen MR) is 101 cm³/mol. The summed E-state index contributed by atoms with van der Waals surface area (Å²) in [5.41, 5.74) is 0.141. The lowest BCUT2D eigenvalue weighted by Gasteiger charge is -2.19. The highest BCUT2D eigenvalue weighted by Gasteiger charge is 2.19. The van der Waals surface area contributed by atoms with E-state index in [0.717, 1.165) is 5.39 Å². The minimum atomic E-state index is -0.572. The summed E-state index contributed by atoms with van der Waals surface area (Å²) in [7, 11) is 0. The van der Waals surface area contributed by atoms with Crippen LogP contribution in [0.4, 0.5) is 4.79 Å². The average molecular weight is 367 g/mol. The van der Waals surface area contributed by atoms with Crippen LogP contribution in [0.15, 0.2) is 54.7 Å². The van der Waals surface area contributed by atoms with Crippen LogP contribution < -0.4 is 9.47 Å². The monoisotopic (exact) mass is 367 g/mol. The molecule has 6 heteroatoms. The number of carbonyl (C=O) groups is 2. The number of fused-ring (bicyclic) bond motifs is 1. The van der Waals surface area contributed by atoms with E-state index in [2.05, 4.69) is 0 Å². The highest BCUT2D eigenvalue weighted by molar-refractivity contribution is 5.90. The largest absolute Gasteiger partial charge is 0.453 e. The Labute approximate surface area is 157 Å². The standard InChI is InChI=1S/C21H21NO5/c1-14(23)25-18-7-5-6-8-19(18)26-16-9-10-17-15(13-16)11-12-22(17)20(24)27-21(2,3)4/h5-13H,1-4H3. The molecular formula is C21H21NO5. The summed E-state index contributed by atoms with van der Waals surface area (Å²) in [5, 5.41) is 0.823. The molecule has 0 unspecified atom stereocenters. The normalized spacial score (nSPS) is 11.3. The first kappa shape index (κ1) is 18.5. The van der Waals surface area contributed by atoms with Gasteiger partial charge in [0.25, 0.3) is 0 Å². The molecular weight excluding hydrogens is 346 g/mol. The molecule has 140 valence electrons. The third-order valence-electron chi connectivity index (χ3n) is 3.58. The molecule has 0 saturated heterocycles. The van der Waals surface area contributed by atoms with Crippen molar-refractivity contribution in [1.29, 1.82) is 0 Å². The fraction of sp³-hybridized carbons (Fsp3) is 0.238. The molecule has 0 bridgehead atoms. The van der Waals surface area contributed by atoms with Crippen molar-refractivity contribution >= 4 is 23.0 Å². The van der Waals surface area contributed by atoms with Crippen molar-refractivity contribution < 1.29 is 23.8 Å². The molecule has 3 aromatic rings. The van der Waals surface area contributed by atoms with Gasteiger partial charge in [-0.2, -0.15) is 0 Å². The van der Waals surface area contributed by atoms with Gasteiger partial charge in [0.2, 0.25) is 0 Å². The Kier molecular flexibility index (Phi) is 4.90. The SMILES string of the molecule is CC(=O)Oc1ccccc1Oc1ccc2c(ccn2C(=O)OC(C)(C)C)c1. The first-order chi connectivity index (χ1) is 12.7. The van der Waals surface area contributed by atoms with Gasteiger partial charge in [0.15, 0.2) is 11.5 Å². The van der Waals surface area contributed by atoms with Crippen molar-refractivity contribution in [2.75, 3.05) is 0 Å². The van der Waals surface area contributed by atoms with Crippen LogP contribution in [0.3, 0.4) is 0 Å². The number of hydrogen-bond donors (Lipinski definition) is 0. The van der Waals surface area contributed by atoms with Gasteiger partial charge >= 0.3 is 12.1 Å². The lowest BCUT2D eigenvalue weighted by molar-refractivity contribution is -0.132. The summed E-state index contributed by atoms with van der Waals surface area (Å²) < 4.78 is 17.9. The Hall–Kier alpha value is -3.28. The van der Waals surface area contributed by atoms with E-state index < -0.39 is 17.7 Å². The van der Waals surface area contributed by atoms with Gasteiger partial charge < -0.3 is 14.2 Å².